The molecule has 14 nitrogen and oxygen atoms in total. The molecule has 4 aromatic heterocycles. The van der Waals surface area contributed by atoms with Crippen LogP contribution in [0.5, 0.6) is 0 Å². The molecule has 0 aliphatic carbocycles. The number of aromatic nitrogens is 6. The van der Waals surface area contributed by atoms with E-state index in [1.54, 1.807) is 72.9 Å². The molecule has 0 bridgehead atoms. The maximum Gasteiger partial charge on any atom is 0.196 e. The zero-order valence-corrected chi connectivity index (χ0v) is 50.4. The van der Waals surface area contributed by atoms with E-state index < -0.39 is 0 Å². The van der Waals surface area contributed by atoms with Crippen LogP contribution in [0.2, 0.25) is 0 Å². The minimum atomic E-state index is 0.323. The summed E-state index contributed by atoms with van der Waals surface area (Å²) in [5, 5.41) is 44.0. The second kappa shape index (κ2) is 23.8. The van der Waals surface area contributed by atoms with Gasteiger partial charge in [-0.05, 0) is 148 Å². The lowest BCUT2D eigenvalue weighted by molar-refractivity contribution is 1.07. The van der Waals surface area contributed by atoms with Gasteiger partial charge in [-0.2, -0.15) is 21.0 Å². The molecule has 96 heavy (non-hydrogen) atoms. The number of fused-ring (bicyclic) bond motifs is 6. The molecule has 0 saturated carbocycles. The fourth-order valence-corrected chi connectivity index (χ4v) is 12.8. The molecular formula is C82H40N14. The molecule has 15 rings (SSSR count). The molecule has 15 aromatic rings. The number of nitriles is 4. The van der Waals surface area contributed by atoms with Gasteiger partial charge in [0.25, 0.3) is 0 Å². The van der Waals surface area contributed by atoms with Crippen LogP contribution in [-0.2, 0) is 0 Å². The van der Waals surface area contributed by atoms with Gasteiger partial charge in [0.2, 0.25) is 0 Å². The summed E-state index contributed by atoms with van der Waals surface area (Å²) < 4.78 is 4.39. The molecule has 0 N–H and O–H groups in total. The van der Waals surface area contributed by atoms with Crippen molar-refractivity contribution in [1.82, 2.24) is 29.1 Å². The van der Waals surface area contributed by atoms with Crippen molar-refractivity contribution >= 4 is 66.4 Å². The summed E-state index contributed by atoms with van der Waals surface area (Å²) in [6, 6.07) is 81.4. The molecule has 0 aliphatic rings. The van der Waals surface area contributed by atoms with Gasteiger partial charge in [-0.1, -0.05) is 127 Å². The summed E-state index contributed by atoms with van der Waals surface area (Å²) in [7, 11) is 0. The summed E-state index contributed by atoms with van der Waals surface area (Å²) in [6.07, 6.45) is 3.60. The third-order valence-electron chi connectivity index (χ3n) is 17.3. The van der Waals surface area contributed by atoms with E-state index in [1.165, 1.54) is 0 Å². The first kappa shape index (κ1) is 57.5. The normalized spacial score (nSPS) is 10.8. The van der Waals surface area contributed by atoms with Crippen LogP contribution in [0.25, 0.3) is 164 Å². The first-order valence-corrected chi connectivity index (χ1v) is 30.0. The zero-order valence-electron chi connectivity index (χ0n) is 50.4. The molecule has 11 aromatic carbocycles. The average Bonchev–Trinajstić information content (AvgIpc) is 1.56. The number of benzene rings is 11. The topological polar surface area (TPSA) is 174 Å². The van der Waals surface area contributed by atoms with E-state index in [0.29, 0.717) is 96.0 Å². The van der Waals surface area contributed by atoms with Crippen LogP contribution in [0.4, 0.5) is 22.7 Å². The van der Waals surface area contributed by atoms with Crippen LogP contribution >= 0.6 is 0 Å². The van der Waals surface area contributed by atoms with Crippen molar-refractivity contribution in [1.29, 1.82) is 21.0 Å². The number of nitrogens with zero attached hydrogens (tertiary/aromatic N) is 14. The summed E-state index contributed by atoms with van der Waals surface area (Å²) in [5.74, 6) is 1.38. The molecule has 0 fully saturated rings. The third-order valence-corrected chi connectivity index (χ3v) is 17.3. The van der Waals surface area contributed by atoms with Gasteiger partial charge in [0.15, 0.2) is 40.2 Å². The Kier molecular flexibility index (Phi) is 14.3. The summed E-state index contributed by atoms with van der Waals surface area (Å²) >= 11 is 0. The van der Waals surface area contributed by atoms with Crippen molar-refractivity contribution in [3.05, 3.63) is 311 Å². The van der Waals surface area contributed by atoms with Crippen molar-refractivity contribution in [2.45, 2.75) is 0 Å². The van der Waals surface area contributed by atoms with Crippen molar-refractivity contribution in [2.24, 2.45) is 0 Å². The monoisotopic (exact) mass is 1220 g/mol. The highest BCUT2D eigenvalue weighted by atomic mass is 15.0. The summed E-state index contributed by atoms with van der Waals surface area (Å²) in [5.41, 5.74) is 16.7. The van der Waals surface area contributed by atoms with Gasteiger partial charge in [-0.15, -0.1) is 0 Å². The second-order valence-electron chi connectivity index (χ2n) is 22.6. The number of rotatable bonds is 10. The van der Waals surface area contributed by atoms with Gasteiger partial charge in [-0.25, -0.2) is 34.3 Å². The molecule has 0 aliphatic heterocycles. The number of pyridine rings is 1. The molecule has 0 saturated heterocycles. The van der Waals surface area contributed by atoms with E-state index in [9.17, 15) is 21.0 Å². The standard InChI is InChI=1S/C82H40N14/c1-87-60-22-26-63(59(37-60)47-86)54-17-28-75-68(39-54)70-41-56(65-27-23-61(88-2)43-73(65)90-4)19-30-76(70)95(75)74-32-21-57(82-93-80(51-11-7-5-8-12-51)92-81(94-82)52-13-9-6-10-14-52)42-67(74)66-33-34-91-48-79(66)96-77-29-18-53(62-24-15-49(44-83)35-58(62)46-85)38-69(77)71-40-55(20-31-78(71)96)64-25-16-50(45-84)36-72(64)89-3/h5-43,48H. The van der Waals surface area contributed by atoms with E-state index in [-0.39, 0.29) is 0 Å². The predicted octanol–water partition coefficient (Wildman–Crippen LogP) is 20.5. The van der Waals surface area contributed by atoms with Gasteiger partial charge >= 0.3 is 0 Å². The molecule has 4 heterocycles. The van der Waals surface area contributed by atoms with Crippen LogP contribution < -0.4 is 0 Å². The Morgan fingerprint density at radius 3 is 1.24 bits per heavy atom. The number of hydrogen-bond acceptors (Lipinski definition) is 8. The fraction of sp³-hybridized carbons (Fsp3) is 0. The molecule has 0 unspecified atom stereocenters. The molecule has 0 spiro atoms. The van der Waals surface area contributed by atoms with E-state index >= 15 is 0 Å². The van der Waals surface area contributed by atoms with Crippen molar-refractivity contribution in [3.63, 3.8) is 0 Å². The summed E-state index contributed by atoms with van der Waals surface area (Å²) in [6.45, 7) is 31.9. The largest absolute Gasteiger partial charge is 0.309 e. The highest BCUT2D eigenvalue weighted by Gasteiger charge is 2.25. The molecule has 438 valence electrons. The van der Waals surface area contributed by atoms with Gasteiger partial charge in [0.05, 0.1) is 101 Å². The maximum absolute atomic E-state index is 10.5. The van der Waals surface area contributed by atoms with Gasteiger partial charge in [-0.3, -0.25) is 4.98 Å². The van der Waals surface area contributed by atoms with Gasteiger partial charge in [0, 0.05) is 66.7 Å². The van der Waals surface area contributed by atoms with Crippen LogP contribution in [0.3, 0.4) is 0 Å². The van der Waals surface area contributed by atoms with E-state index in [0.717, 1.165) is 93.8 Å². The predicted molar refractivity (Wildman–Crippen MR) is 374 cm³/mol. The van der Waals surface area contributed by atoms with E-state index in [1.807, 2.05) is 140 Å². The molecule has 14 heteroatoms. The second-order valence-corrected chi connectivity index (χ2v) is 22.6. The lowest BCUT2D eigenvalue weighted by Gasteiger charge is -2.19. The molecule has 0 radical (unpaired) electrons. The fourth-order valence-electron chi connectivity index (χ4n) is 12.8. The minimum Gasteiger partial charge on any atom is -0.309 e. The Morgan fingerprint density at radius 2 is 0.740 bits per heavy atom. The third kappa shape index (κ3) is 9.87. The van der Waals surface area contributed by atoms with Crippen LogP contribution in [-0.4, -0.2) is 29.1 Å². The SMILES string of the molecule is [C-]#[N+]c1ccc(-c2ccc3c(c2)c2cc(-c4ccc([N+]#[C-])cc4[N+]#[C-])ccc2n3-c2ccc(-c3nc(-c4ccccc4)nc(-c4ccccc4)n3)cc2-c2ccncc2-n2c3ccc(-c4ccc(C#N)cc4C#N)cc3c3cc(-c4ccc(C#N)cc4[N+]#[C-])ccc32)c(C#N)c1. The average molecular weight is 1220 g/mol. The Bertz CT molecular complexity index is 5880. The van der Waals surface area contributed by atoms with E-state index in [4.69, 9.17) is 46.2 Å². The molecule has 0 amide bonds. The smallest absolute Gasteiger partial charge is 0.196 e. The maximum atomic E-state index is 10.5. The Labute approximate surface area is 549 Å². The molecule has 0 atom stereocenters. The quantitative estimate of drug-likeness (QED) is 0.122. The lowest BCUT2D eigenvalue weighted by atomic mass is 9.96. The highest BCUT2D eigenvalue weighted by Crippen LogP contribution is 2.47. The van der Waals surface area contributed by atoms with Crippen LogP contribution in [0.1, 0.15) is 22.3 Å². The van der Waals surface area contributed by atoms with Gasteiger partial charge in [0.1, 0.15) is 0 Å². The Balaban J connectivity index is 1.03. The summed E-state index contributed by atoms with van der Waals surface area (Å²) in [4.78, 5) is 35.3. The van der Waals surface area contributed by atoms with Crippen molar-refractivity contribution < 1.29 is 0 Å². The van der Waals surface area contributed by atoms with E-state index in [2.05, 4.69) is 83.1 Å². The van der Waals surface area contributed by atoms with Gasteiger partial charge < -0.3 is 9.13 Å². The minimum absolute atomic E-state index is 0.323. The number of hydrogen-bond donors (Lipinski definition) is 0. The first-order valence-electron chi connectivity index (χ1n) is 30.0. The van der Waals surface area contributed by atoms with Crippen LogP contribution in [0, 0.1) is 71.6 Å². The van der Waals surface area contributed by atoms with Crippen molar-refractivity contribution in [2.75, 3.05) is 0 Å². The molecular weight excluding hydrogens is 1180 g/mol. The Hall–Kier alpha value is -14.9. The zero-order chi connectivity index (χ0) is 65.6. The lowest BCUT2D eigenvalue weighted by Crippen LogP contribution is -2.04. The Morgan fingerprint density at radius 1 is 0.312 bits per heavy atom. The van der Waals surface area contributed by atoms with Crippen molar-refractivity contribution in [3.8, 4) is 125 Å². The first-order chi connectivity index (χ1) is 47.2. The highest BCUT2D eigenvalue weighted by molar-refractivity contribution is 6.14. The van der Waals surface area contributed by atoms with Crippen LogP contribution in [0.15, 0.2) is 243 Å².